The van der Waals surface area contributed by atoms with Gasteiger partial charge >= 0.3 is 6.11 Å². The molecule has 4 fully saturated rings. The second-order valence-corrected chi connectivity index (χ2v) is 16.4. The normalized spacial score (nSPS) is 39.2. The average Bonchev–Trinajstić information content (AvgIpc) is 3.22. The van der Waals surface area contributed by atoms with Crippen LogP contribution in [0, 0.1) is 57.7 Å². The Morgan fingerprint density at radius 2 is 1.56 bits per heavy atom. The molecule has 41 heavy (non-hydrogen) atoms. The number of rotatable bonds is 8. The first-order valence-corrected chi connectivity index (χ1v) is 16.8. The maximum atomic E-state index is 15.5. The number of fused-ring (bicyclic) bond motifs is 5. The molecule has 0 radical (unpaired) electrons. The monoisotopic (exact) mass is 572 g/mol. The maximum Gasteiger partial charge on any atom is 0.385 e. The fourth-order valence-corrected chi connectivity index (χ4v) is 11.4. The molecule has 1 aromatic carbocycles. The fraction of sp³-hybridized carbons (Fsp3) is 0.833. The van der Waals surface area contributed by atoms with Gasteiger partial charge in [-0.25, -0.2) is 0 Å². The van der Waals surface area contributed by atoms with Gasteiger partial charge in [0.1, 0.15) is 0 Å². The van der Waals surface area contributed by atoms with Crippen LogP contribution in [0.25, 0.3) is 0 Å². The van der Waals surface area contributed by atoms with Crippen LogP contribution in [0.15, 0.2) is 18.2 Å². The summed E-state index contributed by atoms with van der Waals surface area (Å²) in [5.74, 6) is 5.16. The highest BCUT2D eigenvalue weighted by Crippen LogP contribution is 2.70. The van der Waals surface area contributed by atoms with Crippen molar-refractivity contribution in [1.82, 2.24) is 0 Å². The summed E-state index contributed by atoms with van der Waals surface area (Å²) in [6.07, 6.45) is 9.59. The van der Waals surface area contributed by atoms with Gasteiger partial charge < -0.3 is 16.2 Å². The van der Waals surface area contributed by atoms with E-state index < -0.39 is 12.2 Å². The summed E-state index contributed by atoms with van der Waals surface area (Å²) < 4.78 is 36.8. The van der Waals surface area contributed by atoms with Gasteiger partial charge in [-0.2, -0.15) is 8.78 Å². The van der Waals surface area contributed by atoms with Crippen LogP contribution in [0.4, 0.5) is 20.2 Å². The van der Waals surface area contributed by atoms with E-state index in [2.05, 4.69) is 48.5 Å². The number of hydrogen-bond donors (Lipinski definition) is 2. The van der Waals surface area contributed by atoms with Gasteiger partial charge in [0.2, 0.25) is 0 Å². The van der Waals surface area contributed by atoms with Crippen LogP contribution >= 0.6 is 0 Å². The van der Waals surface area contributed by atoms with Crippen LogP contribution in [0.2, 0.25) is 0 Å². The third-order valence-corrected chi connectivity index (χ3v) is 13.4. The summed E-state index contributed by atoms with van der Waals surface area (Å²) in [5.41, 5.74) is 12.1. The molecule has 5 heteroatoms. The summed E-state index contributed by atoms with van der Waals surface area (Å²) in [6.45, 7) is 16.8. The third-order valence-electron chi connectivity index (χ3n) is 13.4. The molecule has 1 aromatic rings. The molecule has 5 rings (SSSR count). The Balaban J connectivity index is 1.30. The van der Waals surface area contributed by atoms with E-state index >= 15 is 8.78 Å². The number of anilines is 2. The number of nitrogens with two attached hydrogens (primary N) is 2. The van der Waals surface area contributed by atoms with E-state index in [4.69, 9.17) is 16.2 Å². The number of hydrogen-bond acceptors (Lipinski definition) is 3. The summed E-state index contributed by atoms with van der Waals surface area (Å²) >= 11 is 0. The number of benzene rings is 1. The van der Waals surface area contributed by atoms with Crippen molar-refractivity contribution in [2.45, 2.75) is 131 Å². The van der Waals surface area contributed by atoms with Gasteiger partial charge in [0, 0.05) is 11.4 Å². The van der Waals surface area contributed by atoms with E-state index in [1.54, 1.807) is 0 Å². The van der Waals surface area contributed by atoms with E-state index in [1.807, 2.05) is 0 Å². The van der Waals surface area contributed by atoms with Crippen LogP contribution in [-0.4, -0.2) is 6.10 Å². The number of alkyl halides is 2. The molecule has 0 amide bonds. The highest BCUT2D eigenvalue weighted by Gasteiger charge is 2.64. The van der Waals surface area contributed by atoms with Gasteiger partial charge in [-0.05, 0) is 127 Å². The lowest BCUT2D eigenvalue weighted by molar-refractivity contribution is -0.312. The minimum absolute atomic E-state index is 0.0108. The topological polar surface area (TPSA) is 61.3 Å². The lowest BCUT2D eigenvalue weighted by atomic mass is 9.41. The first-order chi connectivity index (χ1) is 19.1. The number of nitrogen functional groups attached to an aromatic ring is 2. The van der Waals surface area contributed by atoms with Crippen molar-refractivity contribution in [3.05, 3.63) is 23.8 Å². The first-order valence-electron chi connectivity index (χ1n) is 16.8. The van der Waals surface area contributed by atoms with E-state index in [0.717, 1.165) is 42.4 Å². The molecular formula is C36H58F2N2O. The Hall–Kier alpha value is -1.36. The standard InChI is InChI=1S/C36H58F2N2O/c1-22(2)9-8-10-23(3)26-14-15-27-25-12-16-31-33(4,5)32(18-20-35(31,7)28(25)17-19-34(26,27)6)41-36(37,38)29-13-11-24(39)21-30(29)40/h11,13,21-23,25-28,31-32H,8-10,12,14-20,39-40H2,1-7H3/t23-,25+,26-,27+,28+,31?,32?,34-,35-/m1/s1. The largest absolute Gasteiger partial charge is 0.399 e. The molecular weight excluding hydrogens is 514 g/mol. The van der Waals surface area contributed by atoms with Gasteiger partial charge in [-0.3, -0.25) is 0 Å². The van der Waals surface area contributed by atoms with Crippen molar-refractivity contribution >= 4 is 11.4 Å². The van der Waals surface area contributed by atoms with Crippen molar-refractivity contribution in [3.63, 3.8) is 0 Å². The molecule has 4 aliphatic rings. The van der Waals surface area contributed by atoms with Gasteiger partial charge in [-0.15, -0.1) is 0 Å². The molecule has 0 saturated heterocycles. The zero-order valence-electron chi connectivity index (χ0n) is 26.9. The Morgan fingerprint density at radius 3 is 2.24 bits per heavy atom. The smallest absolute Gasteiger partial charge is 0.385 e. The first kappa shape index (κ1) is 31.1. The summed E-state index contributed by atoms with van der Waals surface area (Å²) in [7, 11) is 0. The molecule has 3 nitrogen and oxygen atoms in total. The van der Waals surface area contributed by atoms with E-state index in [9.17, 15) is 0 Å². The SMILES string of the molecule is CC(C)CCC[C@@H](C)[C@H]1CC[C@H]2[C@@H]3CCC4C(C)(C)C(OC(F)(F)c5ccc(N)cc5N)CC[C@]4(C)[C@H]3CC[C@]12C. The lowest BCUT2D eigenvalue weighted by Crippen LogP contribution is -2.60. The zero-order chi connectivity index (χ0) is 30.0. The lowest BCUT2D eigenvalue weighted by Gasteiger charge is -2.65. The molecule has 232 valence electrons. The minimum Gasteiger partial charge on any atom is -0.399 e. The van der Waals surface area contributed by atoms with Crippen molar-refractivity contribution < 1.29 is 13.5 Å². The Kier molecular flexibility index (Phi) is 8.32. The van der Waals surface area contributed by atoms with Gasteiger partial charge in [0.25, 0.3) is 0 Å². The van der Waals surface area contributed by atoms with E-state index in [1.165, 1.54) is 69.6 Å². The van der Waals surface area contributed by atoms with Crippen LogP contribution in [0.5, 0.6) is 0 Å². The summed E-state index contributed by atoms with van der Waals surface area (Å²) in [5, 5.41) is 0. The highest BCUT2D eigenvalue weighted by molar-refractivity contribution is 5.57. The van der Waals surface area contributed by atoms with Crippen LogP contribution in [-0.2, 0) is 10.8 Å². The van der Waals surface area contributed by atoms with Crippen molar-refractivity contribution in [1.29, 1.82) is 0 Å². The van der Waals surface area contributed by atoms with Crippen molar-refractivity contribution in [3.8, 4) is 0 Å². The van der Waals surface area contributed by atoms with E-state index in [0.29, 0.717) is 29.4 Å². The van der Waals surface area contributed by atoms with Gasteiger partial charge in [-0.1, -0.05) is 67.7 Å². The summed E-state index contributed by atoms with van der Waals surface area (Å²) in [6, 6.07) is 4.19. The van der Waals surface area contributed by atoms with Gasteiger partial charge in [0.05, 0.1) is 11.7 Å². The quantitative estimate of drug-likeness (QED) is 0.305. The van der Waals surface area contributed by atoms with Gasteiger partial charge in [0.15, 0.2) is 0 Å². The van der Waals surface area contributed by atoms with Crippen molar-refractivity contribution in [2.75, 3.05) is 11.5 Å². The molecule has 0 spiro atoms. The second kappa shape index (κ2) is 11.0. The van der Waals surface area contributed by atoms with Crippen LogP contribution < -0.4 is 11.5 Å². The fourth-order valence-electron chi connectivity index (χ4n) is 11.4. The third kappa shape index (κ3) is 5.33. The van der Waals surface area contributed by atoms with Crippen LogP contribution in [0.3, 0.4) is 0 Å². The molecule has 9 atom stereocenters. The molecule has 2 unspecified atom stereocenters. The van der Waals surface area contributed by atoms with Crippen LogP contribution in [0.1, 0.15) is 125 Å². The summed E-state index contributed by atoms with van der Waals surface area (Å²) in [4.78, 5) is 0. The zero-order valence-corrected chi connectivity index (χ0v) is 26.9. The number of ether oxygens (including phenoxy) is 1. The Morgan fingerprint density at radius 1 is 0.878 bits per heavy atom. The molecule has 0 bridgehead atoms. The Bertz CT molecular complexity index is 1090. The molecule has 0 aliphatic heterocycles. The Labute approximate surface area is 248 Å². The molecule has 0 aromatic heterocycles. The predicted molar refractivity (Wildman–Crippen MR) is 166 cm³/mol. The van der Waals surface area contributed by atoms with Crippen molar-refractivity contribution in [2.24, 2.45) is 57.7 Å². The maximum absolute atomic E-state index is 15.5. The highest BCUT2D eigenvalue weighted by atomic mass is 19.3. The molecule has 4 N–H and O–H groups in total. The molecule has 4 saturated carbocycles. The number of halogens is 2. The minimum atomic E-state index is -3.44. The second-order valence-electron chi connectivity index (χ2n) is 16.4. The molecule has 0 heterocycles. The predicted octanol–water partition coefficient (Wildman–Crippen LogP) is 10.0. The average molecular weight is 573 g/mol. The molecule has 4 aliphatic carbocycles. The van der Waals surface area contributed by atoms with E-state index in [-0.39, 0.29) is 22.1 Å².